The Kier molecular flexibility index (Phi) is 6.81. The fraction of sp³-hybridized carbons (Fsp3) is 0.571. The van der Waals surface area contributed by atoms with Crippen molar-refractivity contribution in [2.24, 2.45) is 0 Å². The third-order valence-corrected chi connectivity index (χ3v) is 4.77. The Hall–Kier alpha value is -1.27. The molecule has 1 rings (SSSR count). The standard InChI is InChI=1S/C14H23NO4S/c1-4-20(16,17)10-9-15-8-7-12-5-6-13(18-2)14(11-12)19-3/h5-6,11,15H,4,7-10H2,1-3H3. The largest absolute Gasteiger partial charge is 0.493 e. The Morgan fingerprint density at radius 2 is 1.80 bits per heavy atom. The van der Waals surface area contributed by atoms with Crippen molar-refractivity contribution in [2.75, 3.05) is 38.8 Å². The number of methoxy groups -OCH3 is 2. The first-order valence-electron chi connectivity index (χ1n) is 6.64. The zero-order valence-electron chi connectivity index (χ0n) is 12.3. The Labute approximate surface area is 121 Å². The summed E-state index contributed by atoms with van der Waals surface area (Å²) in [6, 6.07) is 5.78. The summed E-state index contributed by atoms with van der Waals surface area (Å²) >= 11 is 0. The van der Waals surface area contributed by atoms with E-state index < -0.39 is 9.84 Å². The summed E-state index contributed by atoms with van der Waals surface area (Å²) in [4.78, 5) is 0. The minimum Gasteiger partial charge on any atom is -0.493 e. The topological polar surface area (TPSA) is 64.6 Å². The molecule has 0 amide bonds. The lowest BCUT2D eigenvalue weighted by Crippen LogP contribution is -2.25. The molecule has 1 aromatic carbocycles. The van der Waals surface area contributed by atoms with Crippen LogP contribution in [-0.4, -0.2) is 47.2 Å². The van der Waals surface area contributed by atoms with Gasteiger partial charge in [0.15, 0.2) is 21.3 Å². The fourth-order valence-corrected chi connectivity index (χ4v) is 2.51. The van der Waals surface area contributed by atoms with Crippen LogP contribution in [0, 0.1) is 0 Å². The van der Waals surface area contributed by atoms with Gasteiger partial charge in [-0.1, -0.05) is 13.0 Å². The molecule has 0 fully saturated rings. The highest BCUT2D eigenvalue weighted by atomic mass is 32.2. The van der Waals surface area contributed by atoms with Crippen LogP contribution in [0.15, 0.2) is 18.2 Å². The summed E-state index contributed by atoms with van der Waals surface area (Å²) in [7, 11) is 0.328. The lowest BCUT2D eigenvalue weighted by molar-refractivity contribution is 0.354. The second kappa shape index (κ2) is 8.11. The fourth-order valence-electron chi connectivity index (χ4n) is 1.77. The van der Waals surface area contributed by atoms with Gasteiger partial charge in [-0.3, -0.25) is 0 Å². The molecule has 1 N–H and O–H groups in total. The molecule has 0 unspecified atom stereocenters. The third kappa shape index (κ3) is 5.38. The van der Waals surface area contributed by atoms with E-state index in [1.807, 2.05) is 18.2 Å². The van der Waals surface area contributed by atoms with E-state index in [9.17, 15) is 8.42 Å². The lowest BCUT2D eigenvalue weighted by atomic mass is 10.1. The molecular weight excluding hydrogens is 278 g/mol. The van der Waals surface area contributed by atoms with Crippen LogP contribution in [-0.2, 0) is 16.3 Å². The van der Waals surface area contributed by atoms with E-state index in [0.717, 1.165) is 18.5 Å². The predicted molar refractivity (Wildman–Crippen MR) is 80.4 cm³/mol. The van der Waals surface area contributed by atoms with Crippen molar-refractivity contribution in [3.8, 4) is 11.5 Å². The highest BCUT2D eigenvalue weighted by Gasteiger charge is 2.07. The van der Waals surface area contributed by atoms with Crippen LogP contribution in [0.1, 0.15) is 12.5 Å². The van der Waals surface area contributed by atoms with Gasteiger partial charge in [0.25, 0.3) is 0 Å². The summed E-state index contributed by atoms with van der Waals surface area (Å²) < 4.78 is 33.0. The maximum Gasteiger partial charge on any atom is 0.160 e. The molecule has 0 aliphatic rings. The van der Waals surface area contributed by atoms with Crippen LogP contribution >= 0.6 is 0 Å². The number of rotatable bonds is 9. The SMILES string of the molecule is CCS(=O)(=O)CCNCCc1ccc(OC)c(OC)c1. The van der Waals surface area contributed by atoms with Gasteiger partial charge in [0.05, 0.1) is 20.0 Å². The van der Waals surface area contributed by atoms with Gasteiger partial charge in [0.2, 0.25) is 0 Å². The molecule has 20 heavy (non-hydrogen) atoms. The highest BCUT2D eigenvalue weighted by Crippen LogP contribution is 2.27. The average Bonchev–Trinajstić information content (AvgIpc) is 2.46. The summed E-state index contributed by atoms with van der Waals surface area (Å²) in [5.41, 5.74) is 1.12. The highest BCUT2D eigenvalue weighted by molar-refractivity contribution is 7.91. The van der Waals surface area contributed by atoms with E-state index in [0.29, 0.717) is 18.0 Å². The third-order valence-electron chi connectivity index (χ3n) is 3.07. The molecule has 0 aliphatic heterocycles. The number of benzene rings is 1. The minimum atomic E-state index is -2.88. The van der Waals surface area contributed by atoms with Gasteiger partial charge in [-0.25, -0.2) is 8.42 Å². The van der Waals surface area contributed by atoms with Crippen molar-refractivity contribution >= 4 is 9.84 Å². The smallest absolute Gasteiger partial charge is 0.160 e. The maximum atomic E-state index is 11.3. The molecule has 0 aliphatic carbocycles. The molecule has 5 nitrogen and oxygen atoms in total. The molecule has 0 saturated carbocycles. The molecule has 0 heterocycles. The normalized spacial score (nSPS) is 11.3. The zero-order valence-corrected chi connectivity index (χ0v) is 13.1. The first-order valence-corrected chi connectivity index (χ1v) is 8.46. The first kappa shape index (κ1) is 16.8. The van der Waals surface area contributed by atoms with E-state index in [2.05, 4.69) is 5.32 Å². The number of ether oxygens (including phenoxy) is 2. The van der Waals surface area contributed by atoms with Gasteiger partial charge in [-0.15, -0.1) is 0 Å². The maximum absolute atomic E-state index is 11.3. The second-order valence-electron chi connectivity index (χ2n) is 4.43. The van der Waals surface area contributed by atoms with Crippen molar-refractivity contribution in [3.63, 3.8) is 0 Å². The van der Waals surface area contributed by atoms with Crippen LogP contribution in [0.25, 0.3) is 0 Å². The van der Waals surface area contributed by atoms with E-state index >= 15 is 0 Å². The van der Waals surface area contributed by atoms with Crippen LogP contribution in [0.5, 0.6) is 11.5 Å². The molecule has 0 aromatic heterocycles. The summed E-state index contributed by atoms with van der Waals surface area (Å²) in [5, 5.41) is 3.14. The minimum absolute atomic E-state index is 0.190. The second-order valence-corrected chi connectivity index (χ2v) is 6.90. The van der Waals surface area contributed by atoms with Gasteiger partial charge >= 0.3 is 0 Å². The average molecular weight is 301 g/mol. The van der Waals surface area contributed by atoms with Crippen molar-refractivity contribution in [1.82, 2.24) is 5.32 Å². The molecule has 1 aromatic rings. The molecule has 114 valence electrons. The van der Waals surface area contributed by atoms with Gasteiger partial charge in [-0.2, -0.15) is 0 Å². The molecule has 0 saturated heterocycles. The summed E-state index contributed by atoms with van der Waals surface area (Å²) in [6.07, 6.45) is 0.812. The number of nitrogens with one attached hydrogen (secondary N) is 1. The number of hydrogen-bond acceptors (Lipinski definition) is 5. The van der Waals surface area contributed by atoms with Crippen molar-refractivity contribution in [3.05, 3.63) is 23.8 Å². The van der Waals surface area contributed by atoms with Crippen molar-refractivity contribution in [2.45, 2.75) is 13.3 Å². The molecule has 0 atom stereocenters. The van der Waals surface area contributed by atoms with Crippen molar-refractivity contribution in [1.29, 1.82) is 0 Å². The summed E-state index contributed by atoms with van der Waals surface area (Å²) in [5.74, 6) is 1.80. The zero-order chi connectivity index (χ0) is 15.0. The van der Waals surface area contributed by atoms with Crippen LogP contribution in [0.3, 0.4) is 0 Å². The van der Waals surface area contributed by atoms with E-state index in [-0.39, 0.29) is 11.5 Å². The first-order chi connectivity index (χ1) is 9.52. The Morgan fingerprint density at radius 1 is 1.10 bits per heavy atom. The van der Waals surface area contributed by atoms with E-state index in [1.165, 1.54) is 0 Å². The van der Waals surface area contributed by atoms with Gasteiger partial charge in [0, 0.05) is 12.3 Å². The lowest BCUT2D eigenvalue weighted by Gasteiger charge is -2.10. The van der Waals surface area contributed by atoms with Crippen molar-refractivity contribution < 1.29 is 17.9 Å². The number of hydrogen-bond donors (Lipinski definition) is 1. The number of sulfone groups is 1. The van der Waals surface area contributed by atoms with E-state index in [4.69, 9.17) is 9.47 Å². The molecule has 0 bridgehead atoms. The van der Waals surface area contributed by atoms with Crippen LogP contribution in [0.2, 0.25) is 0 Å². The Morgan fingerprint density at radius 3 is 2.40 bits per heavy atom. The van der Waals surface area contributed by atoms with Crippen LogP contribution < -0.4 is 14.8 Å². The van der Waals surface area contributed by atoms with Gasteiger partial charge < -0.3 is 14.8 Å². The van der Waals surface area contributed by atoms with E-state index in [1.54, 1.807) is 21.1 Å². The van der Waals surface area contributed by atoms with Crippen LogP contribution in [0.4, 0.5) is 0 Å². The van der Waals surface area contributed by atoms with Gasteiger partial charge in [-0.05, 0) is 30.7 Å². The Balaban J connectivity index is 2.39. The molecule has 0 radical (unpaired) electrons. The Bertz CT molecular complexity index is 514. The van der Waals surface area contributed by atoms with Gasteiger partial charge in [0.1, 0.15) is 0 Å². The summed E-state index contributed by atoms with van der Waals surface area (Å²) in [6.45, 7) is 2.89. The predicted octanol–water partition coefficient (Wildman–Crippen LogP) is 1.27. The molecule has 6 heteroatoms. The molecular formula is C14H23NO4S. The molecule has 0 spiro atoms. The monoisotopic (exact) mass is 301 g/mol. The quantitative estimate of drug-likeness (QED) is 0.696.